The van der Waals surface area contributed by atoms with E-state index in [-0.39, 0.29) is 31.0 Å². The number of halogens is 2. The van der Waals surface area contributed by atoms with Crippen molar-refractivity contribution in [3.8, 4) is 11.5 Å². The highest BCUT2D eigenvalue weighted by atomic mass is 35.5. The molecule has 1 saturated carbocycles. The van der Waals surface area contributed by atoms with Crippen molar-refractivity contribution in [1.82, 2.24) is 10.2 Å². The number of nitrogens with one attached hydrogen (secondary N) is 1. The molecule has 2 aromatic carbocycles. The van der Waals surface area contributed by atoms with Crippen LogP contribution >= 0.6 is 11.6 Å². The molecule has 0 bridgehead atoms. The first-order chi connectivity index (χ1) is 16.9. The number of benzene rings is 2. The van der Waals surface area contributed by atoms with Gasteiger partial charge in [0.15, 0.2) is 17.6 Å². The third-order valence-corrected chi connectivity index (χ3v) is 7.41. The second kappa shape index (κ2) is 11.3. The van der Waals surface area contributed by atoms with Crippen LogP contribution in [0.1, 0.15) is 44.7 Å². The molecule has 0 spiro atoms. The highest BCUT2D eigenvalue weighted by Gasteiger charge is 2.37. The number of nitrogens with zero attached hydrogens (tertiary/aromatic N) is 1. The molecule has 2 aromatic rings. The summed E-state index contributed by atoms with van der Waals surface area (Å²) in [5.41, 5.74) is 0.510. The van der Waals surface area contributed by atoms with Gasteiger partial charge in [-0.25, -0.2) is 4.39 Å². The van der Waals surface area contributed by atoms with Crippen LogP contribution < -0.4 is 14.8 Å². The summed E-state index contributed by atoms with van der Waals surface area (Å²) in [7, 11) is 0. The van der Waals surface area contributed by atoms with Crippen molar-refractivity contribution in [3.05, 3.63) is 59.9 Å². The molecule has 0 aromatic heterocycles. The second-order valence-corrected chi connectivity index (χ2v) is 9.78. The predicted octanol–water partition coefficient (Wildman–Crippen LogP) is 4.72. The number of hydrogen-bond acceptors (Lipinski definition) is 4. The Bertz CT molecular complexity index is 1030. The zero-order valence-corrected chi connectivity index (χ0v) is 20.8. The van der Waals surface area contributed by atoms with E-state index in [0.29, 0.717) is 28.9 Å². The lowest BCUT2D eigenvalue weighted by atomic mass is 9.78. The van der Waals surface area contributed by atoms with Gasteiger partial charge in [-0.15, -0.1) is 11.6 Å². The number of carbonyl (C=O) groups is 2. The fourth-order valence-corrected chi connectivity index (χ4v) is 5.12. The molecule has 1 aliphatic heterocycles. The standard InChI is InChI=1S/C27H32ClFN2O4/c1-17-6-5-7-22(18(17)2)30-27(33)26(19-10-12-20(29)13-11-19)31(25(32)14-28)15-21-16-34-23-8-3-4-9-24(23)35-21/h3-4,8-13,17-18,21-22,26H,5-7,14-16H2,1-2H3,(H,30,33)/t17-,18+,21-,22+,26+/m1/s1. The number of fused-ring (bicyclic) bond motifs is 1. The monoisotopic (exact) mass is 502 g/mol. The summed E-state index contributed by atoms with van der Waals surface area (Å²) in [5, 5.41) is 3.18. The van der Waals surface area contributed by atoms with Crippen LogP contribution in [0.3, 0.4) is 0 Å². The van der Waals surface area contributed by atoms with Crippen molar-refractivity contribution >= 4 is 23.4 Å². The third-order valence-electron chi connectivity index (χ3n) is 7.18. The van der Waals surface area contributed by atoms with E-state index >= 15 is 0 Å². The normalized spacial score (nSPS) is 24.3. The Kier molecular flexibility index (Phi) is 8.16. The summed E-state index contributed by atoms with van der Waals surface area (Å²) in [5.74, 6) is 0.575. The molecule has 188 valence electrons. The Morgan fingerprint density at radius 3 is 2.54 bits per heavy atom. The van der Waals surface area contributed by atoms with Crippen molar-refractivity contribution in [2.24, 2.45) is 11.8 Å². The number of amides is 2. The Hall–Kier alpha value is -2.80. The number of para-hydroxylation sites is 2. The van der Waals surface area contributed by atoms with Crippen LogP contribution in [0.15, 0.2) is 48.5 Å². The lowest BCUT2D eigenvalue weighted by Crippen LogP contribution is -2.52. The summed E-state index contributed by atoms with van der Waals surface area (Å²) < 4.78 is 25.6. The van der Waals surface area contributed by atoms with Crippen LogP contribution in [0.4, 0.5) is 4.39 Å². The quantitative estimate of drug-likeness (QED) is 0.556. The van der Waals surface area contributed by atoms with Crippen LogP contribution in [-0.2, 0) is 9.59 Å². The predicted molar refractivity (Wildman–Crippen MR) is 132 cm³/mol. The largest absolute Gasteiger partial charge is 0.486 e. The minimum atomic E-state index is -0.980. The van der Waals surface area contributed by atoms with Crippen molar-refractivity contribution in [2.75, 3.05) is 19.0 Å². The molecule has 4 rings (SSSR count). The van der Waals surface area contributed by atoms with E-state index in [0.717, 1.165) is 19.3 Å². The van der Waals surface area contributed by atoms with Crippen molar-refractivity contribution in [1.29, 1.82) is 0 Å². The number of rotatable bonds is 7. The minimum absolute atomic E-state index is 0.00305. The van der Waals surface area contributed by atoms with Crippen LogP contribution in [0.25, 0.3) is 0 Å². The zero-order valence-electron chi connectivity index (χ0n) is 20.1. The summed E-state index contributed by atoms with van der Waals surface area (Å²) in [6.45, 7) is 4.65. The van der Waals surface area contributed by atoms with E-state index in [4.69, 9.17) is 21.1 Å². The molecule has 1 N–H and O–H groups in total. The van der Waals surface area contributed by atoms with Crippen LogP contribution in [-0.4, -0.2) is 47.9 Å². The number of alkyl halides is 1. The third kappa shape index (κ3) is 5.89. The molecular weight excluding hydrogens is 471 g/mol. The number of carbonyl (C=O) groups excluding carboxylic acids is 2. The average molecular weight is 503 g/mol. The Labute approximate surface area is 210 Å². The maximum Gasteiger partial charge on any atom is 0.247 e. The van der Waals surface area contributed by atoms with E-state index in [9.17, 15) is 14.0 Å². The highest BCUT2D eigenvalue weighted by molar-refractivity contribution is 6.27. The summed E-state index contributed by atoms with van der Waals surface area (Å²) in [6.07, 6.45) is 2.55. The second-order valence-electron chi connectivity index (χ2n) is 9.51. The molecule has 0 unspecified atom stereocenters. The van der Waals surface area contributed by atoms with Gasteiger partial charge in [0, 0.05) is 6.04 Å². The van der Waals surface area contributed by atoms with Gasteiger partial charge in [-0.3, -0.25) is 9.59 Å². The highest BCUT2D eigenvalue weighted by Crippen LogP contribution is 2.33. The molecule has 0 saturated heterocycles. The average Bonchev–Trinajstić information content (AvgIpc) is 2.87. The minimum Gasteiger partial charge on any atom is -0.486 e. The Morgan fingerprint density at radius 2 is 1.83 bits per heavy atom. The number of hydrogen-bond donors (Lipinski definition) is 1. The molecular formula is C27H32ClFN2O4. The molecule has 1 heterocycles. The van der Waals surface area contributed by atoms with E-state index in [1.165, 1.54) is 29.2 Å². The fraction of sp³-hybridized carbons (Fsp3) is 0.481. The van der Waals surface area contributed by atoms with Crippen LogP contribution in [0.5, 0.6) is 11.5 Å². The summed E-state index contributed by atoms with van der Waals surface area (Å²) in [4.78, 5) is 28.2. The van der Waals surface area contributed by atoms with Crippen molar-refractivity contribution in [2.45, 2.75) is 51.3 Å². The van der Waals surface area contributed by atoms with Crippen molar-refractivity contribution < 1.29 is 23.5 Å². The van der Waals surface area contributed by atoms with Crippen molar-refractivity contribution in [3.63, 3.8) is 0 Å². The molecule has 2 aliphatic rings. The topological polar surface area (TPSA) is 67.9 Å². The van der Waals surface area contributed by atoms with Gasteiger partial charge in [0.05, 0.1) is 6.54 Å². The molecule has 5 atom stereocenters. The lowest BCUT2D eigenvalue weighted by Gasteiger charge is -2.38. The molecule has 2 amide bonds. The maximum atomic E-state index is 13.7. The molecule has 6 nitrogen and oxygen atoms in total. The van der Waals surface area contributed by atoms with Crippen LogP contribution in [0, 0.1) is 17.7 Å². The lowest BCUT2D eigenvalue weighted by molar-refractivity contribution is -0.141. The summed E-state index contributed by atoms with van der Waals surface area (Å²) in [6, 6.07) is 12.0. The molecule has 0 radical (unpaired) electrons. The van der Waals surface area contributed by atoms with E-state index in [1.807, 2.05) is 18.2 Å². The van der Waals surface area contributed by atoms with E-state index < -0.39 is 23.9 Å². The van der Waals surface area contributed by atoms with Gasteiger partial charge in [0.1, 0.15) is 24.3 Å². The maximum absolute atomic E-state index is 13.7. The molecule has 35 heavy (non-hydrogen) atoms. The van der Waals surface area contributed by atoms with Gasteiger partial charge in [-0.2, -0.15) is 0 Å². The van der Waals surface area contributed by atoms with Gasteiger partial charge < -0.3 is 19.7 Å². The van der Waals surface area contributed by atoms with Gasteiger partial charge in [-0.05, 0) is 48.1 Å². The zero-order chi connectivity index (χ0) is 24.9. The number of ether oxygens (including phenoxy) is 2. The van der Waals surface area contributed by atoms with Gasteiger partial charge in [-0.1, -0.05) is 51.0 Å². The van der Waals surface area contributed by atoms with Crippen LogP contribution in [0.2, 0.25) is 0 Å². The molecule has 8 heteroatoms. The van der Waals surface area contributed by atoms with Gasteiger partial charge in [0.2, 0.25) is 11.8 Å². The fourth-order valence-electron chi connectivity index (χ4n) is 4.97. The van der Waals surface area contributed by atoms with Gasteiger partial charge >= 0.3 is 0 Å². The molecule has 1 fully saturated rings. The Balaban J connectivity index is 1.61. The first kappa shape index (κ1) is 25.3. The first-order valence-corrected chi connectivity index (χ1v) is 12.7. The Morgan fingerprint density at radius 1 is 1.11 bits per heavy atom. The smallest absolute Gasteiger partial charge is 0.247 e. The van der Waals surface area contributed by atoms with Gasteiger partial charge in [0.25, 0.3) is 0 Å². The van der Waals surface area contributed by atoms with E-state index in [2.05, 4.69) is 19.2 Å². The SMILES string of the molecule is C[C@H]1[C@H](C)CCC[C@@H]1NC(=O)[C@H](c1ccc(F)cc1)N(C[C@@H]1COc2ccccc2O1)C(=O)CCl. The first-order valence-electron chi connectivity index (χ1n) is 12.2. The summed E-state index contributed by atoms with van der Waals surface area (Å²) >= 11 is 5.99. The van der Waals surface area contributed by atoms with E-state index in [1.54, 1.807) is 6.07 Å². The molecule has 1 aliphatic carbocycles.